The number of aromatic amines is 1. The Hall–Kier alpha value is -1.66. The molecule has 1 aromatic heterocycles. The SMILES string of the molecule is C/C=C\N(C)CCOC.CC.CC#CC.c1cc[nH]c1. The molecule has 0 bridgehead atoms. The molecule has 0 amide bonds. The van der Waals surface area contributed by atoms with Gasteiger partial charge in [0.15, 0.2) is 0 Å². The summed E-state index contributed by atoms with van der Waals surface area (Å²) in [7, 11) is 3.74. The van der Waals surface area contributed by atoms with E-state index in [9.17, 15) is 0 Å². The zero-order chi connectivity index (χ0) is 16.1. The van der Waals surface area contributed by atoms with Gasteiger partial charge >= 0.3 is 0 Å². The molecule has 116 valence electrons. The second kappa shape index (κ2) is 26.0. The number of hydrogen-bond donors (Lipinski definition) is 1. The van der Waals surface area contributed by atoms with Gasteiger partial charge in [0, 0.05) is 33.1 Å². The van der Waals surface area contributed by atoms with Gasteiger partial charge in [0.05, 0.1) is 6.61 Å². The summed E-state index contributed by atoms with van der Waals surface area (Å²) in [5, 5.41) is 0. The van der Waals surface area contributed by atoms with E-state index in [2.05, 4.69) is 21.7 Å². The molecule has 1 aromatic rings. The van der Waals surface area contributed by atoms with E-state index in [1.165, 1.54) is 0 Å². The standard InChI is InChI=1S/C7H15NO.C4H5N.C4H6.C2H6/c1-4-5-8(2)6-7-9-3;1-2-4-5-3-1;1-3-4-2;1-2/h4-5H,6-7H2,1-3H3;1-5H;1-2H3;1-2H3/b5-4-;;;. The predicted octanol–water partition coefficient (Wildman–Crippen LogP) is 4.17. The fourth-order valence-electron chi connectivity index (χ4n) is 0.842. The third kappa shape index (κ3) is 29.9. The lowest BCUT2D eigenvalue weighted by atomic mass is 10.6. The lowest BCUT2D eigenvalue weighted by molar-refractivity contribution is 0.177. The minimum Gasteiger partial charge on any atom is -0.383 e. The highest BCUT2D eigenvalue weighted by atomic mass is 16.5. The van der Waals surface area contributed by atoms with Gasteiger partial charge in [-0.1, -0.05) is 19.9 Å². The maximum Gasteiger partial charge on any atom is 0.0637 e. The minimum atomic E-state index is 0.792. The number of nitrogens with one attached hydrogen (secondary N) is 1. The molecule has 0 saturated heterocycles. The molecular formula is C17H32N2O. The normalized spacial score (nSPS) is 7.75. The summed E-state index contributed by atoms with van der Waals surface area (Å²) in [5.41, 5.74) is 0. The number of ether oxygens (including phenoxy) is 1. The average molecular weight is 280 g/mol. The zero-order valence-electron chi connectivity index (χ0n) is 14.2. The van der Waals surface area contributed by atoms with E-state index in [0.717, 1.165) is 13.2 Å². The van der Waals surface area contributed by atoms with Gasteiger partial charge in [0.2, 0.25) is 0 Å². The van der Waals surface area contributed by atoms with Crippen molar-refractivity contribution in [2.45, 2.75) is 34.6 Å². The van der Waals surface area contributed by atoms with Crippen molar-refractivity contribution in [3.8, 4) is 11.8 Å². The van der Waals surface area contributed by atoms with Crippen LogP contribution in [0.25, 0.3) is 0 Å². The van der Waals surface area contributed by atoms with Crippen LogP contribution in [0.4, 0.5) is 0 Å². The second-order valence-electron chi connectivity index (χ2n) is 3.34. The Morgan fingerprint density at radius 3 is 1.90 bits per heavy atom. The Morgan fingerprint density at radius 2 is 1.65 bits per heavy atom. The van der Waals surface area contributed by atoms with Crippen LogP contribution in [0.15, 0.2) is 36.8 Å². The molecule has 1 rings (SSSR count). The number of allylic oxidation sites excluding steroid dienone is 1. The summed E-state index contributed by atoms with van der Waals surface area (Å²) in [4.78, 5) is 4.95. The number of nitrogens with zero attached hydrogens (tertiary/aromatic N) is 1. The van der Waals surface area contributed by atoms with Crippen molar-refractivity contribution in [1.82, 2.24) is 9.88 Å². The Morgan fingerprint density at radius 1 is 1.15 bits per heavy atom. The predicted molar refractivity (Wildman–Crippen MR) is 90.6 cm³/mol. The van der Waals surface area contributed by atoms with E-state index < -0.39 is 0 Å². The van der Waals surface area contributed by atoms with Crippen molar-refractivity contribution >= 4 is 0 Å². The summed E-state index contributed by atoms with van der Waals surface area (Å²) < 4.78 is 4.88. The molecule has 0 aliphatic rings. The molecule has 0 aliphatic carbocycles. The fraction of sp³-hybridized carbons (Fsp3) is 0.529. The van der Waals surface area contributed by atoms with Gasteiger partial charge in [-0.25, -0.2) is 0 Å². The summed E-state index contributed by atoms with van der Waals surface area (Å²) in [6, 6.07) is 3.89. The van der Waals surface area contributed by atoms with Crippen LogP contribution in [0, 0.1) is 11.8 Å². The lowest BCUT2D eigenvalue weighted by Crippen LogP contribution is -2.16. The van der Waals surface area contributed by atoms with Gasteiger partial charge in [0.1, 0.15) is 0 Å². The first kappa shape index (κ1) is 23.4. The Labute approximate surface area is 126 Å². The highest BCUT2D eigenvalue weighted by molar-refractivity contribution is 4.89. The number of rotatable bonds is 4. The molecule has 0 aliphatic heterocycles. The third-order valence-corrected chi connectivity index (χ3v) is 1.80. The first-order valence-electron chi connectivity index (χ1n) is 6.96. The third-order valence-electron chi connectivity index (χ3n) is 1.80. The first-order chi connectivity index (χ1) is 9.72. The molecule has 1 heterocycles. The van der Waals surface area contributed by atoms with Gasteiger partial charge in [-0.05, 0) is 39.1 Å². The van der Waals surface area contributed by atoms with E-state index in [-0.39, 0.29) is 0 Å². The van der Waals surface area contributed by atoms with Crippen molar-refractivity contribution in [2.75, 3.05) is 27.3 Å². The Balaban J connectivity index is -0.000000222. The van der Waals surface area contributed by atoms with Gasteiger partial charge < -0.3 is 14.6 Å². The first-order valence-corrected chi connectivity index (χ1v) is 6.96. The number of likely N-dealkylation sites (N-methyl/N-ethyl adjacent to an activating group) is 1. The monoisotopic (exact) mass is 280 g/mol. The zero-order valence-corrected chi connectivity index (χ0v) is 14.2. The highest BCUT2D eigenvalue weighted by Crippen LogP contribution is 1.82. The maximum atomic E-state index is 4.88. The molecule has 0 spiro atoms. The van der Waals surface area contributed by atoms with Crippen LogP contribution in [-0.4, -0.2) is 37.2 Å². The fourth-order valence-corrected chi connectivity index (χ4v) is 0.842. The molecule has 0 unspecified atom stereocenters. The van der Waals surface area contributed by atoms with Crippen LogP contribution in [-0.2, 0) is 4.74 Å². The second-order valence-corrected chi connectivity index (χ2v) is 3.34. The number of aromatic nitrogens is 1. The number of methoxy groups -OCH3 is 1. The van der Waals surface area contributed by atoms with E-state index >= 15 is 0 Å². The van der Waals surface area contributed by atoms with Crippen molar-refractivity contribution in [3.05, 3.63) is 36.8 Å². The van der Waals surface area contributed by atoms with Gasteiger partial charge in [-0.3, -0.25) is 0 Å². The van der Waals surface area contributed by atoms with Crippen molar-refractivity contribution in [3.63, 3.8) is 0 Å². The average Bonchev–Trinajstić information content (AvgIpc) is 3.07. The van der Waals surface area contributed by atoms with Crippen LogP contribution in [0.5, 0.6) is 0 Å². The van der Waals surface area contributed by atoms with Crippen LogP contribution in [0.1, 0.15) is 34.6 Å². The van der Waals surface area contributed by atoms with Crippen LogP contribution in [0.2, 0.25) is 0 Å². The molecule has 0 radical (unpaired) electrons. The molecule has 0 aromatic carbocycles. The summed E-state index contributed by atoms with van der Waals surface area (Å²) >= 11 is 0. The molecule has 20 heavy (non-hydrogen) atoms. The molecule has 0 saturated carbocycles. The smallest absolute Gasteiger partial charge is 0.0637 e. The Bertz CT molecular complexity index is 284. The van der Waals surface area contributed by atoms with Gasteiger partial charge in [-0.15, -0.1) is 11.8 Å². The number of H-pyrrole nitrogens is 1. The van der Waals surface area contributed by atoms with E-state index in [1.54, 1.807) is 7.11 Å². The highest BCUT2D eigenvalue weighted by Gasteiger charge is 1.86. The van der Waals surface area contributed by atoms with E-state index in [1.807, 2.05) is 78.5 Å². The largest absolute Gasteiger partial charge is 0.383 e. The van der Waals surface area contributed by atoms with Crippen molar-refractivity contribution < 1.29 is 4.74 Å². The van der Waals surface area contributed by atoms with Crippen LogP contribution < -0.4 is 0 Å². The summed E-state index contributed by atoms with van der Waals surface area (Å²) in [5.74, 6) is 5.36. The molecule has 0 fully saturated rings. The van der Waals surface area contributed by atoms with Crippen molar-refractivity contribution in [1.29, 1.82) is 0 Å². The molecule has 1 N–H and O–H groups in total. The Kier molecular flexibility index (Phi) is 30.5. The van der Waals surface area contributed by atoms with E-state index in [4.69, 9.17) is 4.74 Å². The maximum absolute atomic E-state index is 4.88. The topological polar surface area (TPSA) is 28.3 Å². The minimum absolute atomic E-state index is 0.792. The van der Waals surface area contributed by atoms with Crippen molar-refractivity contribution in [2.24, 2.45) is 0 Å². The summed E-state index contributed by atoms with van der Waals surface area (Å²) in [6.07, 6.45) is 7.79. The lowest BCUT2D eigenvalue weighted by Gasteiger charge is -2.11. The van der Waals surface area contributed by atoms with Gasteiger partial charge in [0.25, 0.3) is 0 Å². The molecular weight excluding hydrogens is 248 g/mol. The summed E-state index contributed by atoms with van der Waals surface area (Å²) in [6.45, 7) is 11.4. The molecule has 3 heteroatoms. The van der Waals surface area contributed by atoms with E-state index in [0.29, 0.717) is 0 Å². The quantitative estimate of drug-likeness (QED) is 0.838. The van der Waals surface area contributed by atoms with Gasteiger partial charge in [-0.2, -0.15) is 0 Å². The molecule has 0 atom stereocenters. The van der Waals surface area contributed by atoms with Crippen LogP contribution in [0.3, 0.4) is 0 Å². The number of hydrogen-bond acceptors (Lipinski definition) is 2. The molecule has 3 nitrogen and oxygen atoms in total. The van der Waals surface area contributed by atoms with Crippen LogP contribution >= 0.6 is 0 Å².